The minimum Gasteiger partial charge on any atom is -0.396 e. The van der Waals surface area contributed by atoms with Crippen LogP contribution in [0.4, 0.5) is 17.5 Å². The van der Waals surface area contributed by atoms with E-state index in [1.807, 2.05) is 11.8 Å². The Morgan fingerprint density at radius 2 is 2.30 bits per heavy atom. The van der Waals surface area contributed by atoms with Crippen LogP contribution in [-0.4, -0.2) is 46.2 Å². The molecule has 1 fully saturated rings. The van der Waals surface area contributed by atoms with Crippen molar-refractivity contribution in [1.29, 1.82) is 0 Å². The van der Waals surface area contributed by atoms with Gasteiger partial charge in [-0.05, 0) is 20.3 Å². The first-order valence-electron chi connectivity index (χ1n) is 6.69. The largest absolute Gasteiger partial charge is 0.396 e. The van der Waals surface area contributed by atoms with Crippen LogP contribution in [0.5, 0.6) is 0 Å². The lowest BCUT2D eigenvalue weighted by Gasteiger charge is -2.18. The topological polar surface area (TPSA) is 104 Å². The lowest BCUT2D eigenvalue weighted by Crippen LogP contribution is -2.24. The number of aliphatic hydroxyl groups excluding tert-OH is 1. The number of rotatable bonds is 5. The SMILES string of the molecule is CCNc1nc(C)c([N+](=O)[O-])c(N2CCC(CO)C2)n1. The van der Waals surface area contributed by atoms with E-state index in [9.17, 15) is 15.2 Å². The van der Waals surface area contributed by atoms with Crippen molar-refractivity contribution < 1.29 is 10.0 Å². The molecular formula is C12H19N5O3. The Morgan fingerprint density at radius 3 is 2.85 bits per heavy atom. The van der Waals surface area contributed by atoms with Gasteiger partial charge in [0.2, 0.25) is 11.8 Å². The minimum absolute atomic E-state index is 0.0507. The molecule has 0 bridgehead atoms. The summed E-state index contributed by atoms with van der Waals surface area (Å²) in [6.45, 7) is 5.51. The zero-order chi connectivity index (χ0) is 14.7. The Kier molecular flexibility index (Phi) is 4.33. The number of hydrogen-bond acceptors (Lipinski definition) is 7. The molecule has 0 saturated carbocycles. The number of aromatic nitrogens is 2. The molecule has 1 aliphatic rings. The van der Waals surface area contributed by atoms with Gasteiger partial charge in [0.25, 0.3) is 0 Å². The monoisotopic (exact) mass is 281 g/mol. The summed E-state index contributed by atoms with van der Waals surface area (Å²) in [6.07, 6.45) is 0.813. The standard InChI is InChI=1S/C12H19N5O3/c1-3-13-12-14-8(2)10(17(19)20)11(15-12)16-5-4-9(6-16)7-18/h9,18H,3-7H2,1-2H3,(H,13,14,15). The van der Waals surface area contributed by atoms with Crippen LogP contribution in [0.15, 0.2) is 0 Å². The second-order valence-corrected chi connectivity index (χ2v) is 4.88. The summed E-state index contributed by atoms with van der Waals surface area (Å²) in [5.41, 5.74) is 0.300. The number of anilines is 2. The number of nitrogens with zero attached hydrogens (tertiary/aromatic N) is 4. The highest BCUT2D eigenvalue weighted by molar-refractivity contribution is 5.63. The highest BCUT2D eigenvalue weighted by Gasteiger charge is 2.31. The molecule has 0 spiro atoms. The van der Waals surface area contributed by atoms with Gasteiger partial charge in [-0.2, -0.15) is 4.98 Å². The number of aliphatic hydroxyl groups is 1. The van der Waals surface area contributed by atoms with Crippen molar-refractivity contribution >= 4 is 17.5 Å². The van der Waals surface area contributed by atoms with Crippen LogP contribution in [0, 0.1) is 23.0 Å². The molecular weight excluding hydrogens is 262 g/mol. The molecule has 1 aromatic heterocycles. The van der Waals surface area contributed by atoms with Crippen molar-refractivity contribution in [3.63, 3.8) is 0 Å². The van der Waals surface area contributed by atoms with Crippen molar-refractivity contribution in [1.82, 2.24) is 9.97 Å². The lowest BCUT2D eigenvalue weighted by atomic mass is 10.1. The molecule has 8 nitrogen and oxygen atoms in total. The number of aryl methyl sites for hydroxylation is 1. The molecule has 0 aliphatic carbocycles. The fraction of sp³-hybridized carbons (Fsp3) is 0.667. The molecule has 0 amide bonds. The Bertz CT molecular complexity index is 508. The van der Waals surface area contributed by atoms with Crippen molar-refractivity contribution in [2.24, 2.45) is 5.92 Å². The molecule has 1 unspecified atom stereocenters. The Hall–Kier alpha value is -1.96. The average Bonchev–Trinajstić information content (AvgIpc) is 2.86. The van der Waals surface area contributed by atoms with E-state index >= 15 is 0 Å². The van der Waals surface area contributed by atoms with Gasteiger partial charge in [0.05, 0.1) is 4.92 Å². The summed E-state index contributed by atoms with van der Waals surface area (Å²) in [7, 11) is 0. The van der Waals surface area contributed by atoms with E-state index in [4.69, 9.17) is 0 Å². The van der Waals surface area contributed by atoms with Crippen LogP contribution in [0.25, 0.3) is 0 Å². The van der Waals surface area contributed by atoms with Gasteiger partial charge >= 0.3 is 5.69 Å². The Balaban J connectivity index is 2.40. The maximum Gasteiger partial charge on any atom is 0.332 e. The third kappa shape index (κ3) is 2.79. The smallest absolute Gasteiger partial charge is 0.332 e. The minimum atomic E-state index is -0.438. The molecule has 2 N–H and O–H groups in total. The first-order chi connectivity index (χ1) is 9.56. The lowest BCUT2D eigenvalue weighted by molar-refractivity contribution is -0.385. The van der Waals surface area contributed by atoms with Crippen LogP contribution in [0.3, 0.4) is 0 Å². The summed E-state index contributed by atoms with van der Waals surface area (Å²) >= 11 is 0. The molecule has 2 heterocycles. The molecule has 8 heteroatoms. The number of hydrogen-bond donors (Lipinski definition) is 2. The van der Waals surface area contributed by atoms with Crippen LogP contribution >= 0.6 is 0 Å². The highest BCUT2D eigenvalue weighted by Crippen LogP contribution is 2.33. The summed E-state index contributed by atoms with van der Waals surface area (Å²) in [5, 5.41) is 23.4. The van der Waals surface area contributed by atoms with E-state index in [2.05, 4.69) is 15.3 Å². The zero-order valence-corrected chi connectivity index (χ0v) is 11.7. The van der Waals surface area contributed by atoms with Gasteiger partial charge in [-0.1, -0.05) is 0 Å². The molecule has 1 saturated heterocycles. The van der Waals surface area contributed by atoms with Crippen LogP contribution < -0.4 is 10.2 Å². The highest BCUT2D eigenvalue weighted by atomic mass is 16.6. The van der Waals surface area contributed by atoms with Crippen LogP contribution in [0.2, 0.25) is 0 Å². The van der Waals surface area contributed by atoms with E-state index in [-0.39, 0.29) is 18.2 Å². The van der Waals surface area contributed by atoms with Crippen molar-refractivity contribution in [3.8, 4) is 0 Å². The third-order valence-corrected chi connectivity index (χ3v) is 3.40. The van der Waals surface area contributed by atoms with Crippen LogP contribution in [0.1, 0.15) is 19.0 Å². The normalized spacial score (nSPS) is 18.4. The van der Waals surface area contributed by atoms with Gasteiger partial charge in [-0.25, -0.2) is 4.98 Å². The van der Waals surface area contributed by atoms with Gasteiger partial charge in [0.15, 0.2) is 0 Å². The molecule has 2 rings (SSSR count). The maximum absolute atomic E-state index is 11.2. The Labute approximate surface area is 117 Å². The second-order valence-electron chi connectivity index (χ2n) is 4.88. The summed E-state index contributed by atoms with van der Waals surface area (Å²) in [6, 6.07) is 0. The summed E-state index contributed by atoms with van der Waals surface area (Å²) in [4.78, 5) is 21.1. The molecule has 20 heavy (non-hydrogen) atoms. The first-order valence-corrected chi connectivity index (χ1v) is 6.69. The third-order valence-electron chi connectivity index (χ3n) is 3.40. The molecule has 0 radical (unpaired) electrons. The van der Waals surface area contributed by atoms with Gasteiger partial charge < -0.3 is 15.3 Å². The fourth-order valence-electron chi connectivity index (χ4n) is 2.40. The zero-order valence-electron chi connectivity index (χ0n) is 11.7. The van der Waals surface area contributed by atoms with Gasteiger partial charge in [-0.3, -0.25) is 10.1 Å². The van der Waals surface area contributed by atoms with E-state index in [1.165, 1.54) is 0 Å². The maximum atomic E-state index is 11.2. The van der Waals surface area contributed by atoms with Gasteiger partial charge in [0.1, 0.15) is 5.69 Å². The second kappa shape index (κ2) is 6.00. The molecule has 0 aromatic carbocycles. The van der Waals surface area contributed by atoms with E-state index in [0.29, 0.717) is 37.1 Å². The first kappa shape index (κ1) is 14.4. The predicted octanol–water partition coefficient (Wildman–Crippen LogP) is 0.944. The van der Waals surface area contributed by atoms with E-state index in [1.54, 1.807) is 6.92 Å². The quantitative estimate of drug-likeness (QED) is 0.611. The van der Waals surface area contributed by atoms with Crippen molar-refractivity contribution in [2.45, 2.75) is 20.3 Å². The fourth-order valence-corrected chi connectivity index (χ4v) is 2.40. The summed E-state index contributed by atoms with van der Waals surface area (Å²) in [5.74, 6) is 0.889. The molecule has 110 valence electrons. The molecule has 1 aromatic rings. The predicted molar refractivity (Wildman–Crippen MR) is 75.0 cm³/mol. The van der Waals surface area contributed by atoms with Crippen molar-refractivity contribution in [3.05, 3.63) is 15.8 Å². The Morgan fingerprint density at radius 1 is 1.55 bits per heavy atom. The molecule has 1 atom stereocenters. The van der Waals surface area contributed by atoms with Gasteiger partial charge in [-0.15, -0.1) is 0 Å². The van der Waals surface area contributed by atoms with E-state index in [0.717, 1.165) is 6.42 Å². The number of nitrogens with one attached hydrogen (secondary N) is 1. The van der Waals surface area contributed by atoms with Crippen LogP contribution in [-0.2, 0) is 0 Å². The molecule has 1 aliphatic heterocycles. The summed E-state index contributed by atoms with van der Waals surface area (Å²) < 4.78 is 0. The van der Waals surface area contributed by atoms with Gasteiger partial charge in [0, 0.05) is 32.2 Å². The average molecular weight is 281 g/mol. The number of nitro groups is 1. The van der Waals surface area contributed by atoms with E-state index < -0.39 is 4.92 Å². The van der Waals surface area contributed by atoms with Crippen molar-refractivity contribution in [2.75, 3.05) is 36.5 Å².